The number of benzene rings is 1. The second-order valence-corrected chi connectivity index (χ2v) is 3.60. The van der Waals surface area contributed by atoms with Gasteiger partial charge in [-0.25, -0.2) is 4.79 Å². The van der Waals surface area contributed by atoms with E-state index in [4.69, 9.17) is 9.84 Å². The lowest BCUT2D eigenvalue weighted by Crippen LogP contribution is -2.07. The van der Waals surface area contributed by atoms with Gasteiger partial charge in [0.15, 0.2) is 0 Å². The van der Waals surface area contributed by atoms with Crippen molar-refractivity contribution in [1.82, 2.24) is 5.32 Å². The number of rotatable bonds is 3. The molecule has 84 valence electrons. The van der Waals surface area contributed by atoms with Crippen LogP contribution >= 0.6 is 0 Å². The molecule has 0 spiro atoms. The molecule has 1 saturated heterocycles. The lowest BCUT2D eigenvalue weighted by Gasteiger charge is -2.02. The second kappa shape index (κ2) is 4.70. The van der Waals surface area contributed by atoms with Gasteiger partial charge >= 0.3 is 5.97 Å². The van der Waals surface area contributed by atoms with Gasteiger partial charge in [0.1, 0.15) is 5.75 Å². The fraction of sp³-hybridized carbons (Fsp3) is 0.250. The molecule has 0 saturated carbocycles. The quantitative estimate of drug-likeness (QED) is 0.594. The van der Waals surface area contributed by atoms with Gasteiger partial charge in [0.25, 0.3) is 0 Å². The zero-order valence-electron chi connectivity index (χ0n) is 8.77. The smallest absolute Gasteiger partial charge is 0.335 e. The molecule has 0 aromatic heterocycles. The topological polar surface area (TPSA) is 58.6 Å². The number of phenolic OH excluding ortho intramolecular Hbond substituents is 1. The molecule has 16 heavy (non-hydrogen) atoms. The van der Waals surface area contributed by atoms with E-state index in [1.165, 1.54) is 0 Å². The predicted octanol–water partition coefficient (Wildman–Crippen LogP) is 1.31. The number of esters is 1. The molecule has 0 radical (unpaired) electrons. The van der Waals surface area contributed by atoms with E-state index in [2.05, 4.69) is 5.32 Å². The van der Waals surface area contributed by atoms with Crippen molar-refractivity contribution in [1.29, 1.82) is 0 Å². The molecule has 0 amide bonds. The average molecular weight is 219 g/mol. The maximum atomic E-state index is 11.1. The molecule has 4 nitrogen and oxygen atoms in total. The first-order chi connectivity index (χ1) is 7.75. The van der Waals surface area contributed by atoms with Gasteiger partial charge in [-0.1, -0.05) is 12.1 Å². The molecule has 2 N–H and O–H groups in total. The van der Waals surface area contributed by atoms with E-state index in [1.54, 1.807) is 18.3 Å². The molecule has 1 aliphatic rings. The van der Waals surface area contributed by atoms with Crippen LogP contribution in [0.5, 0.6) is 5.75 Å². The molecule has 4 heteroatoms. The Morgan fingerprint density at radius 2 is 2.12 bits per heavy atom. The minimum atomic E-state index is -0.238. The highest BCUT2D eigenvalue weighted by Crippen LogP contribution is 2.12. The molecular weight excluding hydrogens is 206 g/mol. The lowest BCUT2D eigenvalue weighted by molar-refractivity contribution is -0.135. The highest BCUT2D eigenvalue weighted by Gasteiger charge is 2.17. The van der Waals surface area contributed by atoms with Gasteiger partial charge < -0.3 is 15.2 Å². The predicted molar refractivity (Wildman–Crippen MR) is 58.6 cm³/mol. The van der Waals surface area contributed by atoms with Crippen molar-refractivity contribution in [2.45, 2.75) is 13.0 Å². The lowest BCUT2D eigenvalue weighted by atomic mass is 10.2. The minimum absolute atomic E-state index is 0.238. The first kappa shape index (κ1) is 10.5. The molecule has 1 heterocycles. The molecule has 2 rings (SSSR count). The summed E-state index contributed by atoms with van der Waals surface area (Å²) in [5.41, 5.74) is 1.72. The number of carbonyl (C=O) groups is 1. The van der Waals surface area contributed by atoms with Gasteiger partial charge in [0, 0.05) is 19.2 Å². The zero-order chi connectivity index (χ0) is 11.4. The summed E-state index contributed by atoms with van der Waals surface area (Å²) in [6.45, 7) is 1.10. The Labute approximate surface area is 93.5 Å². The molecule has 1 fully saturated rings. The first-order valence-electron chi connectivity index (χ1n) is 5.13. The van der Waals surface area contributed by atoms with E-state index in [0.717, 1.165) is 5.56 Å². The molecule has 1 aromatic rings. The zero-order valence-corrected chi connectivity index (χ0v) is 8.77. The number of carbonyl (C=O) groups excluding carboxylic acids is 1. The Hall–Kier alpha value is -1.97. The molecule has 0 unspecified atom stereocenters. The SMILES string of the molecule is O=C1OCCC1=CNCc1ccc(O)cc1. The summed E-state index contributed by atoms with van der Waals surface area (Å²) in [5.74, 6) is 0.0136. The Bertz CT molecular complexity index is 409. The van der Waals surface area contributed by atoms with Gasteiger partial charge in [0.2, 0.25) is 0 Å². The second-order valence-electron chi connectivity index (χ2n) is 3.60. The van der Waals surface area contributed by atoms with E-state index in [-0.39, 0.29) is 11.7 Å². The highest BCUT2D eigenvalue weighted by atomic mass is 16.5. The van der Waals surface area contributed by atoms with Crippen LogP contribution in [0.1, 0.15) is 12.0 Å². The molecule has 1 aromatic carbocycles. The van der Waals surface area contributed by atoms with Crippen molar-refractivity contribution in [2.24, 2.45) is 0 Å². The van der Waals surface area contributed by atoms with Crippen LogP contribution in [0.15, 0.2) is 36.0 Å². The molecular formula is C12H13NO3. The molecule has 0 bridgehead atoms. The van der Waals surface area contributed by atoms with E-state index in [1.807, 2.05) is 12.1 Å². The highest BCUT2D eigenvalue weighted by molar-refractivity contribution is 5.90. The number of cyclic esters (lactones) is 1. The summed E-state index contributed by atoms with van der Waals surface area (Å²) in [4.78, 5) is 11.1. The van der Waals surface area contributed by atoms with Gasteiger partial charge in [0.05, 0.1) is 12.2 Å². The Morgan fingerprint density at radius 3 is 2.75 bits per heavy atom. The van der Waals surface area contributed by atoms with Crippen LogP contribution in [0.25, 0.3) is 0 Å². The van der Waals surface area contributed by atoms with Gasteiger partial charge in [-0.15, -0.1) is 0 Å². The number of ether oxygens (including phenoxy) is 1. The standard InChI is InChI=1S/C12H13NO3/c14-11-3-1-9(2-4-11)7-13-8-10-5-6-16-12(10)15/h1-4,8,13-14H,5-7H2. The van der Waals surface area contributed by atoms with Gasteiger partial charge in [-0.3, -0.25) is 0 Å². The monoisotopic (exact) mass is 219 g/mol. The van der Waals surface area contributed by atoms with Crippen molar-refractivity contribution < 1.29 is 14.6 Å². The van der Waals surface area contributed by atoms with Crippen LogP contribution in [0.2, 0.25) is 0 Å². The van der Waals surface area contributed by atoms with Crippen molar-refractivity contribution in [3.63, 3.8) is 0 Å². The van der Waals surface area contributed by atoms with Gasteiger partial charge in [-0.05, 0) is 17.7 Å². The van der Waals surface area contributed by atoms with Crippen LogP contribution < -0.4 is 5.32 Å². The van der Waals surface area contributed by atoms with Crippen LogP contribution in [0.3, 0.4) is 0 Å². The third-order valence-corrected chi connectivity index (χ3v) is 2.39. The Balaban J connectivity index is 1.88. The van der Waals surface area contributed by atoms with Crippen molar-refractivity contribution in [3.05, 3.63) is 41.6 Å². The molecule has 0 atom stereocenters. The van der Waals surface area contributed by atoms with Crippen LogP contribution in [0.4, 0.5) is 0 Å². The third-order valence-electron chi connectivity index (χ3n) is 2.39. The maximum absolute atomic E-state index is 11.1. The maximum Gasteiger partial charge on any atom is 0.335 e. The van der Waals surface area contributed by atoms with E-state index in [0.29, 0.717) is 25.1 Å². The van der Waals surface area contributed by atoms with Crippen molar-refractivity contribution in [2.75, 3.05) is 6.61 Å². The summed E-state index contributed by atoms with van der Waals surface area (Å²) < 4.78 is 4.80. The van der Waals surface area contributed by atoms with E-state index in [9.17, 15) is 4.79 Å². The summed E-state index contributed by atoms with van der Waals surface area (Å²) in [7, 11) is 0. The number of aromatic hydroxyl groups is 1. The van der Waals surface area contributed by atoms with Crippen molar-refractivity contribution >= 4 is 5.97 Å². The third kappa shape index (κ3) is 2.53. The fourth-order valence-corrected chi connectivity index (χ4v) is 1.49. The summed E-state index contributed by atoms with van der Waals surface area (Å²) >= 11 is 0. The largest absolute Gasteiger partial charge is 0.508 e. The number of hydrogen-bond acceptors (Lipinski definition) is 4. The van der Waals surface area contributed by atoms with Crippen LogP contribution in [-0.2, 0) is 16.1 Å². The Morgan fingerprint density at radius 1 is 1.38 bits per heavy atom. The summed E-state index contributed by atoms with van der Waals surface area (Å²) in [5, 5.41) is 12.1. The van der Waals surface area contributed by atoms with E-state index < -0.39 is 0 Å². The minimum Gasteiger partial charge on any atom is -0.508 e. The molecule has 0 aliphatic carbocycles. The van der Waals surface area contributed by atoms with Crippen LogP contribution in [0, 0.1) is 0 Å². The van der Waals surface area contributed by atoms with Crippen molar-refractivity contribution in [3.8, 4) is 5.75 Å². The summed E-state index contributed by atoms with van der Waals surface area (Å²) in [6.07, 6.45) is 2.36. The van der Waals surface area contributed by atoms with E-state index >= 15 is 0 Å². The van der Waals surface area contributed by atoms with Crippen LogP contribution in [-0.4, -0.2) is 17.7 Å². The molecule has 1 aliphatic heterocycles. The summed E-state index contributed by atoms with van der Waals surface area (Å²) in [6, 6.07) is 6.92. The number of phenols is 1. The number of nitrogens with one attached hydrogen (secondary N) is 1. The Kier molecular flexibility index (Phi) is 3.10. The average Bonchev–Trinajstić information content (AvgIpc) is 2.68. The van der Waals surface area contributed by atoms with Gasteiger partial charge in [-0.2, -0.15) is 0 Å². The first-order valence-corrected chi connectivity index (χ1v) is 5.13. The normalized spacial score (nSPS) is 17.5. The number of hydrogen-bond donors (Lipinski definition) is 2. The fourth-order valence-electron chi connectivity index (χ4n) is 1.49.